The summed E-state index contributed by atoms with van der Waals surface area (Å²) in [6, 6.07) is 1.73. The Balaban J connectivity index is 4.51. The van der Waals surface area contributed by atoms with E-state index in [1.165, 1.54) is 6.92 Å². The van der Waals surface area contributed by atoms with Crippen LogP contribution < -0.4 is 5.32 Å². The monoisotopic (exact) mass is 228 g/mol. The fourth-order valence-electron chi connectivity index (χ4n) is 0.943. The molecule has 0 heterocycles. The molecule has 0 radical (unpaired) electrons. The topological polar surface area (TPSA) is 99.4 Å². The Morgan fingerprint density at radius 3 is 2.19 bits per heavy atom. The van der Waals surface area contributed by atoms with Crippen LogP contribution >= 0.6 is 0 Å². The summed E-state index contributed by atoms with van der Waals surface area (Å²) in [6.07, 6.45) is -1.29. The van der Waals surface area contributed by atoms with Gasteiger partial charge in [0.2, 0.25) is 0 Å². The third-order valence-corrected chi connectivity index (χ3v) is 1.53. The summed E-state index contributed by atoms with van der Waals surface area (Å²) in [5.41, 5.74) is -2.15. The van der Waals surface area contributed by atoms with Crippen molar-refractivity contribution >= 4 is 12.1 Å². The second-order valence-electron chi connectivity index (χ2n) is 4.64. The third-order valence-electron chi connectivity index (χ3n) is 1.53. The Hall–Kier alpha value is -1.77. The number of nitrogens with one attached hydrogen (secondary N) is 1. The molecule has 2 N–H and O–H groups in total. The molecule has 16 heavy (non-hydrogen) atoms. The van der Waals surface area contributed by atoms with Gasteiger partial charge in [0.25, 0.3) is 0 Å². The number of nitrogens with zero attached hydrogens (tertiary/aromatic N) is 1. The lowest BCUT2D eigenvalue weighted by Crippen LogP contribution is -2.48. The average Bonchev–Trinajstić information content (AvgIpc) is 1.98. The quantitative estimate of drug-likeness (QED) is 0.757. The summed E-state index contributed by atoms with van der Waals surface area (Å²) < 4.78 is 4.92. The SMILES string of the molecule is CC(C)(C)OC(=O)N[C@@](C)(C#N)CC(=O)O. The van der Waals surface area contributed by atoms with Gasteiger partial charge in [-0.3, -0.25) is 4.79 Å². The fourth-order valence-corrected chi connectivity index (χ4v) is 0.943. The Bertz CT molecular complexity index is 327. The van der Waals surface area contributed by atoms with Gasteiger partial charge in [-0.1, -0.05) is 0 Å². The normalized spacial score (nSPS) is 14.4. The summed E-state index contributed by atoms with van der Waals surface area (Å²) in [5, 5.41) is 19.6. The van der Waals surface area contributed by atoms with E-state index in [4.69, 9.17) is 15.1 Å². The van der Waals surface area contributed by atoms with Gasteiger partial charge in [0.05, 0.1) is 12.5 Å². The van der Waals surface area contributed by atoms with Crippen molar-refractivity contribution in [2.45, 2.75) is 45.3 Å². The highest BCUT2D eigenvalue weighted by molar-refractivity contribution is 5.73. The first-order chi connectivity index (χ1) is 7.08. The molecule has 90 valence electrons. The van der Waals surface area contributed by atoms with E-state index in [1.54, 1.807) is 26.8 Å². The molecule has 0 rings (SSSR count). The largest absolute Gasteiger partial charge is 0.481 e. The molecule has 1 atom stereocenters. The number of hydrogen-bond acceptors (Lipinski definition) is 4. The molecular formula is C10H16N2O4. The highest BCUT2D eigenvalue weighted by Gasteiger charge is 2.31. The molecular weight excluding hydrogens is 212 g/mol. The molecule has 0 aliphatic heterocycles. The molecule has 0 spiro atoms. The van der Waals surface area contributed by atoms with Crippen LogP contribution in [0.15, 0.2) is 0 Å². The van der Waals surface area contributed by atoms with E-state index >= 15 is 0 Å². The van der Waals surface area contributed by atoms with Gasteiger partial charge in [0.1, 0.15) is 11.1 Å². The van der Waals surface area contributed by atoms with Gasteiger partial charge >= 0.3 is 12.1 Å². The van der Waals surface area contributed by atoms with Gasteiger partial charge in [-0.05, 0) is 27.7 Å². The number of carbonyl (C=O) groups excluding carboxylic acids is 1. The molecule has 0 aliphatic carbocycles. The second kappa shape index (κ2) is 4.84. The Morgan fingerprint density at radius 1 is 1.38 bits per heavy atom. The number of ether oxygens (including phenoxy) is 1. The summed E-state index contributed by atoms with van der Waals surface area (Å²) in [6.45, 7) is 6.35. The maximum Gasteiger partial charge on any atom is 0.408 e. The zero-order valence-electron chi connectivity index (χ0n) is 9.83. The van der Waals surface area contributed by atoms with Gasteiger partial charge in [-0.25, -0.2) is 4.79 Å². The van der Waals surface area contributed by atoms with Gasteiger partial charge in [-0.2, -0.15) is 5.26 Å². The van der Waals surface area contributed by atoms with Crippen LogP contribution in [0.3, 0.4) is 0 Å². The first kappa shape index (κ1) is 14.2. The summed E-state index contributed by atoms with van der Waals surface area (Å²) in [5.74, 6) is -1.17. The van der Waals surface area contributed by atoms with Gasteiger partial charge in [0, 0.05) is 0 Å². The van der Waals surface area contributed by atoms with Crippen molar-refractivity contribution < 1.29 is 19.4 Å². The number of nitriles is 1. The van der Waals surface area contributed by atoms with E-state index in [9.17, 15) is 9.59 Å². The standard InChI is InChI=1S/C10H16N2O4/c1-9(2,3)16-8(15)12-10(4,6-11)5-7(13)14/h5H2,1-4H3,(H,12,15)(H,13,14)/t10-/m1/s1. The Morgan fingerprint density at radius 2 is 1.88 bits per heavy atom. The van der Waals surface area contributed by atoms with E-state index in [2.05, 4.69) is 5.32 Å². The number of rotatable bonds is 3. The van der Waals surface area contributed by atoms with Crippen molar-refractivity contribution in [3.05, 3.63) is 0 Å². The molecule has 6 nitrogen and oxygen atoms in total. The molecule has 0 unspecified atom stereocenters. The van der Waals surface area contributed by atoms with Crippen LogP contribution in [0.2, 0.25) is 0 Å². The van der Waals surface area contributed by atoms with Crippen LogP contribution in [-0.2, 0) is 9.53 Å². The number of hydrogen-bond donors (Lipinski definition) is 2. The van der Waals surface area contributed by atoms with Crippen LogP contribution in [0.1, 0.15) is 34.1 Å². The van der Waals surface area contributed by atoms with Crippen molar-refractivity contribution in [1.82, 2.24) is 5.32 Å². The van der Waals surface area contributed by atoms with Crippen molar-refractivity contribution in [3.8, 4) is 6.07 Å². The number of amides is 1. The van der Waals surface area contributed by atoms with Crippen LogP contribution in [0.5, 0.6) is 0 Å². The minimum atomic E-state index is -1.46. The predicted octanol–water partition coefficient (Wildman–Crippen LogP) is 1.27. The maximum absolute atomic E-state index is 11.3. The lowest BCUT2D eigenvalue weighted by Gasteiger charge is -2.25. The first-order valence-electron chi connectivity index (χ1n) is 4.72. The van der Waals surface area contributed by atoms with Crippen LogP contribution in [0, 0.1) is 11.3 Å². The van der Waals surface area contributed by atoms with Crippen LogP contribution in [0.4, 0.5) is 4.79 Å². The average molecular weight is 228 g/mol. The fraction of sp³-hybridized carbons (Fsp3) is 0.700. The minimum Gasteiger partial charge on any atom is -0.481 e. The first-order valence-corrected chi connectivity index (χ1v) is 4.72. The molecule has 0 fully saturated rings. The summed E-state index contributed by atoms with van der Waals surface area (Å²) >= 11 is 0. The summed E-state index contributed by atoms with van der Waals surface area (Å²) in [7, 11) is 0. The maximum atomic E-state index is 11.3. The predicted molar refractivity (Wildman–Crippen MR) is 55.6 cm³/mol. The minimum absolute atomic E-state index is 0.483. The van der Waals surface area contributed by atoms with Gasteiger partial charge in [-0.15, -0.1) is 0 Å². The number of carbonyl (C=O) groups is 2. The van der Waals surface area contributed by atoms with E-state index in [0.717, 1.165) is 0 Å². The lowest BCUT2D eigenvalue weighted by atomic mass is 10.0. The van der Waals surface area contributed by atoms with Crippen molar-refractivity contribution in [2.24, 2.45) is 0 Å². The van der Waals surface area contributed by atoms with E-state index in [-0.39, 0.29) is 0 Å². The Kier molecular flexibility index (Phi) is 4.30. The number of carboxylic acid groups (broad SMARTS) is 1. The van der Waals surface area contributed by atoms with E-state index in [0.29, 0.717) is 0 Å². The zero-order chi connectivity index (χ0) is 13.0. The molecule has 1 amide bonds. The number of carboxylic acids is 1. The molecule has 0 aliphatic rings. The molecule has 0 bridgehead atoms. The molecule has 0 aromatic carbocycles. The van der Waals surface area contributed by atoms with E-state index in [1.807, 2.05) is 0 Å². The third kappa shape index (κ3) is 5.86. The Labute approximate surface area is 94.2 Å². The van der Waals surface area contributed by atoms with Crippen LogP contribution in [-0.4, -0.2) is 28.3 Å². The lowest BCUT2D eigenvalue weighted by molar-refractivity contribution is -0.138. The van der Waals surface area contributed by atoms with E-state index < -0.39 is 29.6 Å². The molecule has 0 aromatic rings. The smallest absolute Gasteiger partial charge is 0.408 e. The number of alkyl carbamates (subject to hydrolysis) is 1. The molecule has 6 heteroatoms. The van der Waals surface area contributed by atoms with Crippen molar-refractivity contribution in [2.75, 3.05) is 0 Å². The summed E-state index contributed by atoms with van der Waals surface area (Å²) in [4.78, 5) is 21.8. The van der Waals surface area contributed by atoms with Crippen molar-refractivity contribution in [3.63, 3.8) is 0 Å². The molecule has 0 aromatic heterocycles. The molecule has 0 saturated carbocycles. The zero-order valence-corrected chi connectivity index (χ0v) is 9.83. The highest BCUT2D eigenvalue weighted by Crippen LogP contribution is 2.11. The highest BCUT2D eigenvalue weighted by atomic mass is 16.6. The van der Waals surface area contributed by atoms with Gasteiger partial charge in [0.15, 0.2) is 0 Å². The van der Waals surface area contributed by atoms with Crippen LogP contribution in [0.25, 0.3) is 0 Å². The molecule has 0 saturated heterocycles. The van der Waals surface area contributed by atoms with Gasteiger partial charge < -0.3 is 15.2 Å². The van der Waals surface area contributed by atoms with Crippen molar-refractivity contribution in [1.29, 1.82) is 5.26 Å². The second-order valence-corrected chi connectivity index (χ2v) is 4.64. The number of aliphatic carboxylic acids is 1.